The van der Waals surface area contributed by atoms with Gasteiger partial charge >= 0.3 is 0 Å². The van der Waals surface area contributed by atoms with Gasteiger partial charge in [0.1, 0.15) is 22.1 Å². The summed E-state index contributed by atoms with van der Waals surface area (Å²) in [4.78, 5) is 15.4. The second kappa shape index (κ2) is 12.1. The molecule has 10 heteroatoms. The maximum atomic E-state index is 13.9. The first kappa shape index (κ1) is 28.5. The van der Waals surface area contributed by atoms with E-state index < -0.39 is 15.4 Å². The molecule has 0 spiro atoms. The maximum absolute atomic E-state index is 13.9. The topological polar surface area (TPSA) is 85.4 Å². The van der Waals surface area contributed by atoms with Crippen LogP contribution in [0.25, 0.3) is 0 Å². The summed E-state index contributed by atoms with van der Waals surface area (Å²) in [7, 11) is -0.997. The lowest BCUT2D eigenvalue weighted by Crippen LogP contribution is -2.51. The Kier molecular flexibility index (Phi) is 9.11. The average Bonchev–Trinajstić information content (AvgIpc) is 2.94. The minimum Gasteiger partial charge on any atom is -0.497 e. The zero-order chi connectivity index (χ0) is 27.3. The van der Waals surface area contributed by atoms with E-state index in [4.69, 9.17) is 25.8 Å². The van der Waals surface area contributed by atoms with Crippen LogP contribution in [-0.2, 0) is 14.8 Å². The van der Waals surface area contributed by atoms with Crippen molar-refractivity contribution in [3.63, 3.8) is 0 Å². The molecular formula is C28H37ClN2O6S. The average molecular weight is 565 g/mol. The van der Waals surface area contributed by atoms with Gasteiger partial charge in [-0.2, -0.15) is 4.31 Å². The smallest absolute Gasteiger partial charge is 0.246 e. The second-order valence-corrected chi connectivity index (χ2v) is 12.6. The molecule has 2 heterocycles. The van der Waals surface area contributed by atoms with Crippen molar-refractivity contribution in [2.45, 2.75) is 50.3 Å². The number of ether oxygens (including phenoxy) is 3. The van der Waals surface area contributed by atoms with Crippen molar-refractivity contribution in [2.24, 2.45) is 5.41 Å². The van der Waals surface area contributed by atoms with Gasteiger partial charge in [-0.1, -0.05) is 11.6 Å². The van der Waals surface area contributed by atoms with Crippen LogP contribution in [0.15, 0.2) is 41.3 Å². The zero-order valence-electron chi connectivity index (χ0n) is 22.4. The summed E-state index contributed by atoms with van der Waals surface area (Å²) in [5.74, 6) is 1.37. The van der Waals surface area contributed by atoms with Gasteiger partial charge in [0.05, 0.1) is 20.8 Å². The van der Waals surface area contributed by atoms with E-state index in [0.717, 1.165) is 37.9 Å². The van der Waals surface area contributed by atoms with Crippen LogP contribution in [0.4, 0.5) is 0 Å². The van der Waals surface area contributed by atoms with E-state index in [2.05, 4.69) is 0 Å². The Bertz CT molecular complexity index is 1250. The number of methoxy groups -OCH3 is 2. The first-order chi connectivity index (χ1) is 18.2. The van der Waals surface area contributed by atoms with Gasteiger partial charge in [0.2, 0.25) is 15.9 Å². The molecule has 2 fully saturated rings. The van der Waals surface area contributed by atoms with Crippen LogP contribution in [-0.4, -0.2) is 70.5 Å². The third-order valence-corrected chi connectivity index (χ3v) is 9.81. The highest BCUT2D eigenvalue weighted by molar-refractivity contribution is 7.89. The number of benzene rings is 2. The van der Waals surface area contributed by atoms with Gasteiger partial charge < -0.3 is 19.1 Å². The highest BCUT2D eigenvalue weighted by atomic mass is 35.5. The van der Waals surface area contributed by atoms with Gasteiger partial charge in [-0.3, -0.25) is 4.79 Å². The molecule has 0 N–H and O–H groups in total. The summed E-state index contributed by atoms with van der Waals surface area (Å²) >= 11 is 6.19. The third-order valence-electron chi connectivity index (χ3n) is 7.52. The molecule has 8 nitrogen and oxygen atoms in total. The summed E-state index contributed by atoms with van der Waals surface area (Å²) < 4.78 is 46.2. The normalized spacial score (nSPS) is 20.7. The second-order valence-electron chi connectivity index (χ2n) is 10.3. The lowest BCUT2D eigenvalue weighted by atomic mass is 9.78. The van der Waals surface area contributed by atoms with Gasteiger partial charge in [-0.25, -0.2) is 8.42 Å². The molecule has 0 aromatic heterocycles. The van der Waals surface area contributed by atoms with Crippen LogP contribution < -0.4 is 14.2 Å². The number of carbonyl (C=O) groups is 1. The molecule has 4 rings (SSSR count). The van der Waals surface area contributed by atoms with Crippen LogP contribution in [0.2, 0.25) is 5.02 Å². The Labute approximate surface area is 230 Å². The van der Waals surface area contributed by atoms with Crippen LogP contribution in [0.1, 0.15) is 44.1 Å². The Morgan fingerprint density at radius 3 is 2.39 bits per heavy atom. The number of likely N-dealkylation sites (tertiary alicyclic amines) is 1. The number of carbonyl (C=O) groups excluding carboxylic acids is 1. The van der Waals surface area contributed by atoms with E-state index in [-0.39, 0.29) is 36.1 Å². The van der Waals surface area contributed by atoms with Crippen molar-refractivity contribution in [2.75, 3.05) is 47.0 Å². The predicted molar refractivity (Wildman–Crippen MR) is 147 cm³/mol. The van der Waals surface area contributed by atoms with Crippen molar-refractivity contribution in [1.29, 1.82) is 0 Å². The Morgan fingerprint density at radius 2 is 1.71 bits per heavy atom. The molecule has 38 heavy (non-hydrogen) atoms. The van der Waals surface area contributed by atoms with Gasteiger partial charge in [0.25, 0.3) is 0 Å². The monoisotopic (exact) mass is 564 g/mol. The number of piperidine rings is 2. The highest BCUT2D eigenvalue weighted by Gasteiger charge is 2.44. The van der Waals surface area contributed by atoms with Crippen molar-refractivity contribution >= 4 is 27.5 Å². The number of aryl methyl sites for hydroxylation is 1. The number of amides is 1. The van der Waals surface area contributed by atoms with E-state index in [9.17, 15) is 13.2 Å². The van der Waals surface area contributed by atoms with Crippen molar-refractivity contribution in [1.82, 2.24) is 9.21 Å². The largest absolute Gasteiger partial charge is 0.497 e. The van der Waals surface area contributed by atoms with Gasteiger partial charge in [-0.15, -0.1) is 0 Å². The molecule has 0 saturated carbocycles. The van der Waals surface area contributed by atoms with Crippen molar-refractivity contribution in [3.8, 4) is 17.2 Å². The fourth-order valence-corrected chi connectivity index (χ4v) is 7.20. The Morgan fingerprint density at radius 1 is 0.974 bits per heavy atom. The number of halogens is 1. The number of nitrogens with zero attached hydrogens (tertiary/aromatic N) is 2. The molecule has 0 aliphatic carbocycles. The third kappa shape index (κ3) is 6.38. The molecule has 2 aromatic rings. The van der Waals surface area contributed by atoms with E-state index in [1.165, 1.54) is 24.6 Å². The number of hydrogen-bond donors (Lipinski definition) is 0. The SMILES string of the molecule is COc1ccc(OC)c(S(=O)(=O)N2CCCC(COc3ccc(Cl)c(C)c3)(CC(=O)N3CCCCC3)C2)c1. The standard InChI is InChI=1S/C28H37ClN2O6S/c1-21-16-23(8-10-24(21)29)37-20-28(18-27(32)30-13-5-4-6-14-30)12-7-15-31(19-28)38(33,34)26-17-22(35-2)9-11-25(26)36-3/h8-11,16-17H,4-7,12-15,18-20H2,1-3H3. The molecule has 2 aliphatic heterocycles. The molecule has 1 amide bonds. The fraction of sp³-hybridized carbons (Fsp3) is 0.536. The first-order valence-electron chi connectivity index (χ1n) is 13.1. The van der Waals surface area contributed by atoms with Crippen LogP contribution in [0.5, 0.6) is 17.2 Å². The predicted octanol–water partition coefficient (Wildman–Crippen LogP) is 4.92. The lowest BCUT2D eigenvalue weighted by molar-refractivity contribution is -0.136. The summed E-state index contributed by atoms with van der Waals surface area (Å²) in [5, 5.41) is 0.648. The summed E-state index contributed by atoms with van der Waals surface area (Å²) in [6.45, 7) is 4.13. The summed E-state index contributed by atoms with van der Waals surface area (Å²) in [6.07, 6.45) is 4.64. The Hall–Kier alpha value is -2.49. The molecule has 2 aliphatic rings. The molecule has 0 radical (unpaired) electrons. The summed E-state index contributed by atoms with van der Waals surface area (Å²) in [6, 6.07) is 10.2. The molecule has 208 valence electrons. The molecule has 1 atom stereocenters. The number of hydrogen-bond acceptors (Lipinski definition) is 6. The lowest BCUT2D eigenvalue weighted by Gasteiger charge is -2.42. The van der Waals surface area contributed by atoms with Gasteiger partial charge in [0.15, 0.2) is 0 Å². The maximum Gasteiger partial charge on any atom is 0.246 e. The van der Waals surface area contributed by atoms with Crippen LogP contribution >= 0.6 is 11.6 Å². The van der Waals surface area contributed by atoms with Crippen LogP contribution in [0.3, 0.4) is 0 Å². The van der Waals surface area contributed by atoms with E-state index in [0.29, 0.717) is 35.9 Å². The van der Waals surface area contributed by atoms with E-state index in [1.54, 1.807) is 24.3 Å². The first-order valence-corrected chi connectivity index (χ1v) is 14.9. The minimum atomic E-state index is -3.93. The molecule has 2 saturated heterocycles. The van der Waals surface area contributed by atoms with E-state index >= 15 is 0 Å². The highest BCUT2D eigenvalue weighted by Crippen LogP contribution is 2.39. The molecule has 1 unspecified atom stereocenters. The van der Waals surface area contributed by atoms with Crippen molar-refractivity contribution in [3.05, 3.63) is 47.0 Å². The molecule has 2 aromatic carbocycles. The Balaban J connectivity index is 1.63. The van der Waals surface area contributed by atoms with Gasteiger partial charge in [-0.05, 0) is 74.9 Å². The van der Waals surface area contributed by atoms with Crippen molar-refractivity contribution < 1.29 is 27.4 Å². The molecule has 0 bridgehead atoms. The number of sulfonamides is 1. The number of rotatable bonds is 9. The fourth-order valence-electron chi connectivity index (χ4n) is 5.32. The quantitative estimate of drug-likeness (QED) is 0.430. The minimum absolute atomic E-state index is 0.0479. The zero-order valence-corrected chi connectivity index (χ0v) is 23.9. The van der Waals surface area contributed by atoms with Crippen LogP contribution in [0, 0.1) is 12.3 Å². The summed E-state index contributed by atoms with van der Waals surface area (Å²) in [5.41, 5.74) is 0.208. The molecular weight excluding hydrogens is 528 g/mol. The van der Waals surface area contributed by atoms with E-state index in [1.807, 2.05) is 17.9 Å². The van der Waals surface area contributed by atoms with Gasteiger partial charge in [0, 0.05) is 49.1 Å².